The molecule has 34 heavy (non-hydrogen) atoms. The van der Waals surface area contributed by atoms with E-state index in [1.54, 1.807) is 7.05 Å². The van der Waals surface area contributed by atoms with Gasteiger partial charge in [0.05, 0.1) is 0 Å². The predicted octanol–water partition coefficient (Wildman–Crippen LogP) is 4.40. The molecule has 0 spiro atoms. The second-order valence-corrected chi connectivity index (χ2v) is 8.48. The fraction of sp³-hybridized carbons (Fsp3) is 0.346. The second kappa shape index (κ2) is 10.9. The highest BCUT2D eigenvalue weighted by Gasteiger charge is 2.36. The van der Waals surface area contributed by atoms with Gasteiger partial charge in [0.1, 0.15) is 18.8 Å². The van der Waals surface area contributed by atoms with E-state index >= 15 is 0 Å². The molecule has 180 valence electrons. The van der Waals surface area contributed by atoms with Crippen molar-refractivity contribution < 1.29 is 29.0 Å². The van der Waals surface area contributed by atoms with Crippen LogP contribution in [0.1, 0.15) is 36.8 Å². The number of carbonyl (C=O) groups is 3. The number of nitrogens with one attached hydrogen (secondary N) is 1. The standard InChI is InChI=1S/C26H30N2O6/c1-4-16-33-25(32)28(3)15-9-14-26(2,23(29)30)27-24(31)34-17-22-20-12-7-5-10-18(20)19-11-6-8-13-21(19)22/h4-8,10-13,22H,1,9,14-17H2,2-3H3,(H,27,31)(H,29,30)/t26-/m0/s1. The van der Waals surface area contributed by atoms with Crippen molar-refractivity contribution in [3.05, 3.63) is 72.3 Å². The lowest BCUT2D eigenvalue weighted by Crippen LogP contribution is -2.52. The van der Waals surface area contributed by atoms with Gasteiger partial charge in [-0.15, -0.1) is 0 Å². The van der Waals surface area contributed by atoms with Crippen LogP contribution < -0.4 is 5.32 Å². The Labute approximate surface area is 199 Å². The van der Waals surface area contributed by atoms with E-state index in [0.29, 0.717) is 6.42 Å². The molecule has 2 aromatic rings. The molecular weight excluding hydrogens is 436 g/mol. The first-order valence-corrected chi connectivity index (χ1v) is 11.1. The number of nitrogens with zero attached hydrogens (tertiary/aromatic N) is 1. The molecule has 0 saturated carbocycles. The van der Waals surface area contributed by atoms with Crippen molar-refractivity contribution in [1.82, 2.24) is 10.2 Å². The molecule has 2 amide bonds. The van der Waals surface area contributed by atoms with E-state index in [0.717, 1.165) is 22.3 Å². The molecule has 8 heteroatoms. The van der Waals surface area contributed by atoms with Gasteiger partial charge in [0.25, 0.3) is 0 Å². The molecule has 1 atom stereocenters. The molecule has 1 aliphatic carbocycles. The van der Waals surface area contributed by atoms with Gasteiger partial charge in [-0.1, -0.05) is 61.2 Å². The molecule has 1 aliphatic rings. The van der Waals surface area contributed by atoms with Gasteiger partial charge in [-0.05, 0) is 42.0 Å². The molecule has 0 aromatic heterocycles. The van der Waals surface area contributed by atoms with Crippen LogP contribution >= 0.6 is 0 Å². The molecule has 0 radical (unpaired) electrons. The van der Waals surface area contributed by atoms with Crippen molar-refractivity contribution in [2.75, 3.05) is 26.8 Å². The first kappa shape index (κ1) is 24.8. The van der Waals surface area contributed by atoms with Crippen LogP contribution in [0.4, 0.5) is 9.59 Å². The zero-order chi connectivity index (χ0) is 24.7. The van der Waals surface area contributed by atoms with Crippen LogP contribution in [0.5, 0.6) is 0 Å². The Morgan fingerprint density at radius 2 is 1.68 bits per heavy atom. The smallest absolute Gasteiger partial charge is 0.409 e. The van der Waals surface area contributed by atoms with Crippen molar-refractivity contribution in [2.24, 2.45) is 0 Å². The number of alkyl carbamates (subject to hydrolysis) is 1. The van der Waals surface area contributed by atoms with Crippen LogP contribution in [-0.2, 0) is 14.3 Å². The molecule has 0 aliphatic heterocycles. The van der Waals surface area contributed by atoms with Gasteiger partial charge in [0.2, 0.25) is 0 Å². The highest BCUT2D eigenvalue weighted by molar-refractivity contribution is 5.84. The van der Waals surface area contributed by atoms with E-state index in [1.165, 1.54) is 17.9 Å². The first-order chi connectivity index (χ1) is 16.3. The van der Waals surface area contributed by atoms with Crippen molar-refractivity contribution >= 4 is 18.2 Å². The minimum absolute atomic E-state index is 0.0907. The average molecular weight is 467 g/mol. The molecule has 0 bridgehead atoms. The van der Waals surface area contributed by atoms with Gasteiger partial charge < -0.3 is 24.8 Å². The fourth-order valence-corrected chi connectivity index (χ4v) is 4.08. The van der Waals surface area contributed by atoms with Crippen LogP contribution in [0.3, 0.4) is 0 Å². The monoisotopic (exact) mass is 466 g/mol. The van der Waals surface area contributed by atoms with E-state index in [1.807, 2.05) is 48.5 Å². The topological polar surface area (TPSA) is 105 Å². The molecule has 3 rings (SSSR count). The van der Waals surface area contributed by atoms with E-state index in [-0.39, 0.29) is 32.1 Å². The van der Waals surface area contributed by atoms with Crippen LogP contribution in [0, 0.1) is 0 Å². The number of aliphatic carboxylic acids is 1. The number of hydrogen-bond donors (Lipinski definition) is 2. The summed E-state index contributed by atoms with van der Waals surface area (Å²) < 4.78 is 10.4. The van der Waals surface area contributed by atoms with Gasteiger partial charge in [0, 0.05) is 19.5 Å². The largest absolute Gasteiger partial charge is 0.480 e. The third-order valence-corrected chi connectivity index (χ3v) is 6.00. The van der Waals surface area contributed by atoms with E-state index in [2.05, 4.69) is 11.9 Å². The summed E-state index contributed by atoms with van der Waals surface area (Å²) in [5.74, 6) is -1.30. The summed E-state index contributed by atoms with van der Waals surface area (Å²) in [6.45, 7) is 5.36. The third kappa shape index (κ3) is 5.57. The van der Waals surface area contributed by atoms with Gasteiger partial charge in [-0.2, -0.15) is 0 Å². The molecule has 0 saturated heterocycles. The second-order valence-electron chi connectivity index (χ2n) is 8.48. The zero-order valence-electron chi connectivity index (χ0n) is 19.5. The lowest BCUT2D eigenvalue weighted by molar-refractivity contribution is -0.144. The van der Waals surface area contributed by atoms with Crippen molar-refractivity contribution in [1.29, 1.82) is 0 Å². The molecule has 0 heterocycles. The average Bonchev–Trinajstić information content (AvgIpc) is 3.14. The Morgan fingerprint density at radius 3 is 2.24 bits per heavy atom. The minimum Gasteiger partial charge on any atom is -0.480 e. The number of amides is 2. The maximum atomic E-state index is 12.6. The van der Waals surface area contributed by atoms with Gasteiger partial charge in [0.15, 0.2) is 0 Å². The Bertz CT molecular complexity index is 1020. The number of rotatable bonds is 10. The third-order valence-electron chi connectivity index (χ3n) is 6.00. The van der Waals surface area contributed by atoms with E-state index < -0.39 is 23.7 Å². The van der Waals surface area contributed by atoms with Crippen molar-refractivity contribution in [2.45, 2.75) is 31.2 Å². The Morgan fingerprint density at radius 1 is 1.09 bits per heavy atom. The van der Waals surface area contributed by atoms with Crippen LogP contribution in [-0.4, -0.2) is 60.5 Å². The number of carboxylic acids is 1. The van der Waals surface area contributed by atoms with Gasteiger partial charge >= 0.3 is 18.2 Å². The van der Waals surface area contributed by atoms with Crippen LogP contribution in [0.25, 0.3) is 11.1 Å². The number of fused-ring (bicyclic) bond motifs is 3. The summed E-state index contributed by atoms with van der Waals surface area (Å²) >= 11 is 0. The molecule has 0 fully saturated rings. The summed E-state index contributed by atoms with van der Waals surface area (Å²) in [6.07, 6.45) is 0.579. The summed E-state index contributed by atoms with van der Waals surface area (Å²) in [4.78, 5) is 37.6. The fourth-order valence-electron chi connectivity index (χ4n) is 4.08. The SMILES string of the molecule is C=CCOC(=O)N(C)CCC[C@](C)(NC(=O)OCC1c2ccccc2-c2ccccc21)C(=O)O. The first-order valence-electron chi connectivity index (χ1n) is 11.1. The van der Waals surface area contributed by atoms with Crippen molar-refractivity contribution in [3.8, 4) is 11.1 Å². The lowest BCUT2D eigenvalue weighted by atomic mass is 9.96. The quantitative estimate of drug-likeness (QED) is 0.503. The van der Waals surface area contributed by atoms with Crippen molar-refractivity contribution in [3.63, 3.8) is 0 Å². The van der Waals surface area contributed by atoms with E-state index in [4.69, 9.17) is 9.47 Å². The zero-order valence-corrected chi connectivity index (χ0v) is 19.5. The number of hydrogen-bond acceptors (Lipinski definition) is 5. The van der Waals surface area contributed by atoms with Crippen LogP contribution in [0.15, 0.2) is 61.2 Å². The normalized spacial score (nSPS) is 13.7. The number of ether oxygens (including phenoxy) is 2. The Balaban J connectivity index is 1.57. The summed E-state index contributed by atoms with van der Waals surface area (Å²) in [5, 5.41) is 12.2. The Hall–Kier alpha value is -3.81. The number of benzene rings is 2. The minimum atomic E-state index is -1.55. The molecule has 2 N–H and O–H groups in total. The molecular formula is C26H30N2O6. The molecule has 2 aromatic carbocycles. The number of carbonyl (C=O) groups excluding carboxylic acids is 2. The highest BCUT2D eigenvalue weighted by atomic mass is 16.6. The summed E-state index contributed by atoms with van der Waals surface area (Å²) in [6, 6.07) is 16.0. The van der Waals surface area contributed by atoms with Crippen LogP contribution in [0.2, 0.25) is 0 Å². The van der Waals surface area contributed by atoms with Gasteiger partial charge in [-0.25, -0.2) is 14.4 Å². The predicted molar refractivity (Wildman–Crippen MR) is 128 cm³/mol. The molecule has 8 nitrogen and oxygen atoms in total. The summed E-state index contributed by atoms with van der Waals surface area (Å²) in [5.41, 5.74) is 2.82. The Kier molecular flexibility index (Phi) is 7.94. The van der Waals surface area contributed by atoms with E-state index in [9.17, 15) is 19.5 Å². The number of carboxylic acid groups (broad SMARTS) is 1. The maximum absolute atomic E-state index is 12.6. The highest BCUT2D eigenvalue weighted by Crippen LogP contribution is 2.44. The summed E-state index contributed by atoms with van der Waals surface area (Å²) in [7, 11) is 1.56. The maximum Gasteiger partial charge on any atom is 0.409 e. The lowest BCUT2D eigenvalue weighted by Gasteiger charge is -2.27. The molecule has 0 unspecified atom stereocenters. The van der Waals surface area contributed by atoms with Gasteiger partial charge in [-0.3, -0.25) is 0 Å².